The number of rotatable bonds is 6. The van der Waals surface area contributed by atoms with E-state index in [1.165, 1.54) is 15.3 Å². The average Bonchev–Trinajstić information content (AvgIpc) is 3.15. The van der Waals surface area contributed by atoms with Gasteiger partial charge in [-0.05, 0) is 45.3 Å². The van der Waals surface area contributed by atoms with Crippen LogP contribution in [-0.2, 0) is 13.0 Å². The van der Waals surface area contributed by atoms with Crippen molar-refractivity contribution >= 4 is 34.0 Å². The van der Waals surface area contributed by atoms with Gasteiger partial charge in [0.15, 0.2) is 0 Å². The number of nitrogens with one attached hydrogen (secondary N) is 1. The van der Waals surface area contributed by atoms with Gasteiger partial charge in [0, 0.05) is 28.8 Å². The predicted octanol–water partition coefficient (Wildman–Crippen LogP) is 4.94. The molecule has 0 aliphatic carbocycles. The molecule has 1 atom stereocenters. The Bertz CT molecular complexity index is 567. The molecule has 0 aliphatic rings. The van der Waals surface area contributed by atoms with Gasteiger partial charge in [-0.2, -0.15) is 11.3 Å². The molecule has 0 saturated carbocycles. The fraction of sp³-hybridized carbons (Fsp3) is 0.200. The van der Waals surface area contributed by atoms with Crippen molar-refractivity contribution in [3.8, 4) is 0 Å². The highest BCUT2D eigenvalue weighted by Crippen LogP contribution is 2.25. The van der Waals surface area contributed by atoms with E-state index in [9.17, 15) is 0 Å². The quantitative estimate of drug-likeness (QED) is 0.680. The summed E-state index contributed by atoms with van der Waals surface area (Å²) in [6, 6.07) is 11.3. The number of hydrogen-bond donors (Lipinski definition) is 1. The van der Waals surface area contributed by atoms with Gasteiger partial charge in [0.2, 0.25) is 0 Å². The molecule has 3 aromatic heterocycles. The second kappa shape index (κ2) is 6.48. The largest absolute Gasteiger partial charge is 0.305 e. The highest BCUT2D eigenvalue weighted by Gasteiger charge is 2.13. The van der Waals surface area contributed by atoms with Crippen LogP contribution in [-0.4, -0.2) is 0 Å². The highest BCUT2D eigenvalue weighted by molar-refractivity contribution is 7.10. The fourth-order valence-corrected chi connectivity index (χ4v) is 4.25. The standard InChI is InChI=1S/C15H15NS3/c1-3-13(18-6-1)9-14(15-4-2-7-19-15)16-10-12-5-8-17-11-12/h1-8,11,14,16H,9-10H2. The summed E-state index contributed by atoms with van der Waals surface area (Å²) in [5, 5.41) is 12.3. The van der Waals surface area contributed by atoms with E-state index in [0.29, 0.717) is 6.04 Å². The molecular weight excluding hydrogens is 290 g/mol. The lowest BCUT2D eigenvalue weighted by atomic mass is 10.1. The summed E-state index contributed by atoms with van der Waals surface area (Å²) in [5.41, 5.74) is 1.37. The molecule has 0 spiro atoms. The molecule has 98 valence electrons. The summed E-state index contributed by atoms with van der Waals surface area (Å²) in [4.78, 5) is 2.86. The molecule has 1 N–H and O–H groups in total. The van der Waals surface area contributed by atoms with Crippen molar-refractivity contribution in [1.82, 2.24) is 5.32 Å². The first kappa shape index (κ1) is 13.1. The van der Waals surface area contributed by atoms with Crippen LogP contribution in [0.25, 0.3) is 0 Å². The van der Waals surface area contributed by atoms with E-state index in [2.05, 4.69) is 57.2 Å². The van der Waals surface area contributed by atoms with Gasteiger partial charge in [-0.15, -0.1) is 22.7 Å². The summed E-state index contributed by atoms with van der Waals surface area (Å²) < 4.78 is 0. The number of thiophene rings is 3. The predicted molar refractivity (Wildman–Crippen MR) is 86.2 cm³/mol. The fourth-order valence-electron chi connectivity index (χ4n) is 2.03. The Hall–Kier alpha value is -0.940. The van der Waals surface area contributed by atoms with Crippen LogP contribution in [0.1, 0.15) is 21.4 Å². The van der Waals surface area contributed by atoms with Crippen molar-refractivity contribution in [2.24, 2.45) is 0 Å². The minimum absolute atomic E-state index is 0.415. The van der Waals surface area contributed by atoms with Crippen molar-refractivity contribution < 1.29 is 0 Å². The van der Waals surface area contributed by atoms with Gasteiger partial charge in [-0.3, -0.25) is 0 Å². The van der Waals surface area contributed by atoms with E-state index < -0.39 is 0 Å². The van der Waals surface area contributed by atoms with Gasteiger partial charge in [0.25, 0.3) is 0 Å². The van der Waals surface area contributed by atoms with Crippen LogP contribution >= 0.6 is 34.0 Å². The Balaban J connectivity index is 1.69. The van der Waals surface area contributed by atoms with Crippen LogP contribution in [0.4, 0.5) is 0 Å². The van der Waals surface area contributed by atoms with Crippen LogP contribution in [0.15, 0.2) is 51.9 Å². The lowest BCUT2D eigenvalue weighted by molar-refractivity contribution is 0.542. The van der Waals surface area contributed by atoms with E-state index in [4.69, 9.17) is 0 Å². The smallest absolute Gasteiger partial charge is 0.0466 e. The van der Waals surface area contributed by atoms with Gasteiger partial charge >= 0.3 is 0 Å². The molecule has 0 amide bonds. The molecular formula is C15H15NS3. The second-order valence-corrected chi connectivity index (χ2v) is 7.16. The zero-order chi connectivity index (χ0) is 12.9. The Morgan fingerprint density at radius 1 is 1.00 bits per heavy atom. The van der Waals surface area contributed by atoms with Gasteiger partial charge in [0.1, 0.15) is 0 Å². The van der Waals surface area contributed by atoms with E-state index in [-0.39, 0.29) is 0 Å². The third-order valence-electron chi connectivity index (χ3n) is 3.00. The highest BCUT2D eigenvalue weighted by atomic mass is 32.1. The molecule has 0 aromatic carbocycles. The van der Waals surface area contributed by atoms with Crippen LogP contribution in [0.2, 0.25) is 0 Å². The molecule has 3 aromatic rings. The zero-order valence-corrected chi connectivity index (χ0v) is 12.9. The van der Waals surface area contributed by atoms with Crippen molar-refractivity contribution in [3.63, 3.8) is 0 Å². The van der Waals surface area contributed by atoms with Crippen LogP contribution in [0.3, 0.4) is 0 Å². The molecule has 0 saturated heterocycles. The summed E-state index contributed by atoms with van der Waals surface area (Å²) >= 11 is 5.43. The first-order chi connectivity index (χ1) is 9.42. The molecule has 0 aliphatic heterocycles. The van der Waals surface area contributed by atoms with Crippen LogP contribution in [0, 0.1) is 0 Å². The molecule has 0 bridgehead atoms. The molecule has 0 fully saturated rings. The molecule has 1 nitrogen and oxygen atoms in total. The van der Waals surface area contributed by atoms with Gasteiger partial charge in [-0.1, -0.05) is 12.1 Å². The Morgan fingerprint density at radius 2 is 1.89 bits per heavy atom. The second-order valence-electron chi connectivity index (χ2n) is 4.36. The minimum atomic E-state index is 0.415. The van der Waals surface area contributed by atoms with Crippen molar-refractivity contribution in [2.75, 3.05) is 0 Å². The van der Waals surface area contributed by atoms with Gasteiger partial charge < -0.3 is 5.32 Å². The summed E-state index contributed by atoms with van der Waals surface area (Å²) in [6.45, 7) is 0.942. The molecule has 0 radical (unpaired) electrons. The molecule has 4 heteroatoms. The maximum absolute atomic E-state index is 3.69. The molecule has 19 heavy (non-hydrogen) atoms. The Morgan fingerprint density at radius 3 is 2.58 bits per heavy atom. The minimum Gasteiger partial charge on any atom is -0.305 e. The van der Waals surface area contributed by atoms with Crippen molar-refractivity contribution in [1.29, 1.82) is 0 Å². The van der Waals surface area contributed by atoms with E-state index >= 15 is 0 Å². The van der Waals surface area contributed by atoms with E-state index in [0.717, 1.165) is 13.0 Å². The normalized spacial score (nSPS) is 12.6. The number of hydrogen-bond acceptors (Lipinski definition) is 4. The van der Waals surface area contributed by atoms with Crippen LogP contribution in [0.5, 0.6) is 0 Å². The Labute approximate surface area is 125 Å². The van der Waals surface area contributed by atoms with Crippen molar-refractivity contribution in [3.05, 3.63) is 67.2 Å². The van der Waals surface area contributed by atoms with Crippen LogP contribution < -0.4 is 5.32 Å². The van der Waals surface area contributed by atoms with Crippen molar-refractivity contribution in [2.45, 2.75) is 19.0 Å². The lowest BCUT2D eigenvalue weighted by Gasteiger charge is -2.16. The summed E-state index contributed by atoms with van der Waals surface area (Å²) in [5.74, 6) is 0. The third kappa shape index (κ3) is 3.54. The SMILES string of the molecule is c1csc(CC(NCc2ccsc2)c2cccs2)c1. The van der Waals surface area contributed by atoms with Gasteiger partial charge in [0.05, 0.1) is 0 Å². The average molecular weight is 305 g/mol. The van der Waals surface area contributed by atoms with E-state index in [1.54, 1.807) is 11.3 Å². The first-order valence-corrected chi connectivity index (χ1v) is 8.92. The topological polar surface area (TPSA) is 12.0 Å². The molecule has 3 rings (SSSR count). The summed E-state index contributed by atoms with van der Waals surface area (Å²) in [6.07, 6.45) is 1.07. The maximum atomic E-state index is 3.69. The third-order valence-corrected chi connectivity index (χ3v) is 5.62. The monoisotopic (exact) mass is 305 g/mol. The maximum Gasteiger partial charge on any atom is 0.0466 e. The first-order valence-electron chi connectivity index (χ1n) is 6.22. The lowest BCUT2D eigenvalue weighted by Crippen LogP contribution is -2.21. The molecule has 3 heterocycles. The van der Waals surface area contributed by atoms with E-state index in [1.807, 2.05) is 22.7 Å². The molecule has 1 unspecified atom stereocenters. The summed E-state index contributed by atoms with van der Waals surface area (Å²) in [7, 11) is 0. The zero-order valence-electron chi connectivity index (χ0n) is 10.4. The van der Waals surface area contributed by atoms with Gasteiger partial charge in [-0.25, -0.2) is 0 Å². The Kier molecular flexibility index (Phi) is 4.45.